The van der Waals surface area contributed by atoms with Crippen molar-refractivity contribution in [1.29, 1.82) is 0 Å². The minimum absolute atomic E-state index is 0.217. The van der Waals surface area contributed by atoms with Crippen LogP contribution >= 0.6 is 0 Å². The molecule has 1 aromatic carbocycles. The van der Waals surface area contributed by atoms with E-state index in [9.17, 15) is 9.50 Å². The summed E-state index contributed by atoms with van der Waals surface area (Å²) in [6, 6.07) is 4.72. The number of halogens is 1. The molecule has 0 spiro atoms. The fourth-order valence-electron chi connectivity index (χ4n) is 3.40. The normalized spacial score (nSPS) is 37.8. The molecule has 80 valence electrons. The second kappa shape index (κ2) is 2.82. The van der Waals surface area contributed by atoms with E-state index in [1.54, 1.807) is 6.07 Å². The second-order valence-electron chi connectivity index (χ2n) is 4.93. The van der Waals surface area contributed by atoms with Gasteiger partial charge in [0.25, 0.3) is 0 Å². The molecule has 0 aliphatic heterocycles. The van der Waals surface area contributed by atoms with Gasteiger partial charge in [-0.25, -0.2) is 4.39 Å². The molecule has 2 aliphatic rings. The molecule has 0 bridgehead atoms. The number of aryl methyl sites for hydroxylation is 1. The third-order valence-corrected chi connectivity index (χ3v) is 4.16. The van der Waals surface area contributed by atoms with E-state index in [0.29, 0.717) is 11.8 Å². The van der Waals surface area contributed by atoms with Crippen LogP contribution in [-0.2, 0) is 5.60 Å². The van der Waals surface area contributed by atoms with Gasteiger partial charge in [0.05, 0.1) is 5.60 Å². The Morgan fingerprint density at radius 2 is 2.00 bits per heavy atom. The van der Waals surface area contributed by atoms with Crippen LogP contribution in [0, 0.1) is 24.6 Å². The smallest absolute Gasteiger partial charge is 0.123 e. The van der Waals surface area contributed by atoms with Gasteiger partial charge < -0.3 is 5.11 Å². The molecule has 1 nitrogen and oxygen atoms in total. The molecule has 0 radical (unpaired) electrons. The van der Waals surface area contributed by atoms with E-state index in [-0.39, 0.29) is 5.82 Å². The summed E-state index contributed by atoms with van der Waals surface area (Å²) in [7, 11) is 0. The number of benzene rings is 1. The highest BCUT2D eigenvalue weighted by Gasteiger charge is 2.66. The largest absolute Gasteiger partial charge is 0.385 e. The van der Waals surface area contributed by atoms with Gasteiger partial charge in [0.15, 0.2) is 0 Å². The molecule has 0 amide bonds. The van der Waals surface area contributed by atoms with Gasteiger partial charge in [0.1, 0.15) is 5.82 Å². The molecule has 1 N–H and O–H groups in total. The lowest BCUT2D eigenvalue weighted by atomic mass is 9.95. The summed E-state index contributed by atoms with van der Waals surface area (Å²) in [5, 5.41) is 10.5. The van der Waals surface area contributed by atoms with Gasteiger partial charge in [-0.15, -0.1) is 0 Å². The maximum absolute atomic E-state index is 13.0. The van der Waals surface area contributed by atoms with Crippen molar-refractivity contribution in [2.24, 2.45) is 11.8 Å². The third kappa shape index (κ3) is 1.11. The molecule has 3 rings (SSSR count). The summed E-state index contributed by atoms with van der Waals surface area (Å²) < 4.78 is 13.0. The SMILES string of the molecule is Cc1cc(F)ccc1C1(O)C2CCCC21. The Morgan fingerprint density at radius 3 is 2.60 bits per heavy atom. The van der Waals surface area contributed by atoms with E-state index in [2.05, 4.69) is 0 Å². The van der Waals surface area contributed by atoms with Gasteiger partial charge >= 0.3 is 0 Å². The molecule has 2 aliphatic carbocycles. The maximum Gasteiger partial charge on any atom is 0.123 e. The molecule has 2 fully saturated rings. The van der Waals surface area contributed by atoms with Gasteiger partial charge in [-0.2, -0.15) is 0 Å². The topological polar surface area (TPSA) is 20.2 Å². The van der Waals surface area contributed by atoms with Crippen LogP contribution in [0.5, 0.6) is 0 Å². The molecule has 0 aromatic heterocycles. The van der Waals surface area contributed by atoms with Crippen molar-refractivity contribution >= 4 is 0 Å². The lowest BCUT2D eigenvalue weighted by molar-refractivity contribution is 0.105. The standard InChI is InChI=1S/C13H15FO/c1-8-7-9(14)5-6-10(8)13(15)11-3-2-4-12(11)13/h5-7,11-12,15H,2-4H2,1H3. The quantitative estimate of drug-likeness (QED) is 0.749. The van der Waals surface area contributed by atoms with Gasteiger partial charge in [-0.05, 0) is 54.9 Å². The van der Waals surface area contributed by atoms with Crippen LogP contribution in [0.2, 0.25) is 0 Å². The third-order valence-electron chi connectivity index (χ3n) is 4.16. The molecule has 2 saturated carbocycles. The molecule has 0 saturated heterocycles. The van der Waals surface area contributed by atoms with Gasteiger partial charge in [0.2, 0.25) is 0 Å². The highest BCUT2D eigenvalue weighted by Crippen LogP contribution is 2.66. The highest BCUT2D eigenvalue weighted by atomic mass is 19.1. The zero-order valence-corrected chi connectivity index (χ0v) is 8.83. The summed E-state index contributed by atoms with van der Waals surface area (Å²) in [6.07, 6.45) is 3.48. The van der Waals surface area contributed by atoms with Crippen LogP contribution < -0.4 is 0 Å². The molecule has 2 unspecified atom stereocenters. The van der Waals surface area contributed by atoms with Crippen LogP contribution in [-0.4, -0.2) is 5.11 Å². The lowest BCUT2D eigenvalue weighted by Crippen LogP contribution is -2.14. The highest BCUT2D eigenvalue weighted by molar-refractivity contribution is 5.39. The molecule has 15 heavy (non-hydrogen) atoms. The minimum atomic E-state index is -0.629. The maximum atomic E-state index is 13.0. The summed E-state index contributed by atoms with van der Waals surface area (Å²) in [5.41, 5.74) is 1.20. The van der Waals surface area contributed by atoms with Crippen LogP contribution in [0.1, 0.15) is 30.4 Å². The number of fused-ring (bicyclic) bond motifs is 1. The van der Waals surface area contributed by atoms with Crippen molar-refractivity contribution in [3.63, 3.8) is 0 Å². The van der Waals surface area contributed by atoms with E-state index in [1.165, 1.54) is 18.6 Å². The van der Waals surface area contributed by atoms with E-state index >= 15 is 0 Å². The monoisotopic (exact) mass is 206 g/mol. The van der Waals surface area contributed by atoms with Crippen LogP contribution in [0.3, 0.4) is 0 Å². The number of aliphatic hydroxyl groups is 1. The molecule has 2 atom stereocenters. The fourth-order valence-corrected chi connectivity index (χ4v) is 3.40. The zero-order chi connectivity index (χ0) is 10.6. The Labute approximate surface area is 88.9 Å². The summed E-state index contributed by atoms with van der Waals surface area (Å²) in [5.74, 6) is 0.647. The number of hydrogen-bond acceptors (Lipinski definition) is 1. The van der Waals surface area contributed by atoms with Crippen molar-refractivity contribution in [3.8, 4) is 0 Å². The van der Waals surface area contributed by atoms with Gasteiger partial charge in [-0.3, -0.25) is 0 Å². The predicted molar refractivity (Wildman–Crippen MR) is 55.9 cm³/mol. The zero-order valence-electron chi connectivity index (χ0n) is 8.83. The fraction of sp³-hybridized carbons (Fsp3) is 0.538. The first-order valence-corrected chi connectivity index (χ1v) is 5.63. The Bertz CT molecular complexity index is 403. The van der Waals surface area contributed by atoms with E-state index in [4.69, 9.17) is 0 Å². The van der Waals surface area contributed by atoms with E-state index < -0.39 is 5.60 Å². The van der Waals surface area contributed by atoms with E-state index in [1.807, 2.05) is 6.92 Å². The molecule has 1 aromatic rings. The Morgan fingerprint density at radius 1 is 1.33 bits per heavy atom. The van der Waals surface area contributed by atoms with Gasteiger partial charge in [-0.1, -0.05) is 12.5 Å². The molecular weight excluding hydrogens is 191 g/mol. The first-order chi connectivity index (χ1) is 7.14. The summed E-state index contributed by atoms with van der Waals surface area (Å²) in [4.78, 5) is 0. The predicted octanol–water partition coefficient (Wildman–Crippen LogP) is 2.75. The molecular formula is C13H15FO. The van der Waals surface area contributed by atoms with Crippen molar-refractivity contribution in [1.82, 2.24) is 0 Å². The Hall–Kier alpha value is -0.890. The van der Waals surface area contributed by atoms with Crippen LogP contribution in [0.25, 0.3) is 0 Å². The number of rotatable bonds is 1. The Kier molecular flexibility index (Phi) is 1.76. The lowest BCUT2D eigenvalue weighted by Gasteiger charge is -2.17. The average Bonchev–Trinajstić information content (AvgIpc) is 2.63. The van der Waals surface area contributed by atoms with E-state index in [0.717, 1.165) is 24.0 Å². The first-order valence-electron chi connectivity index (χ1n) is 5.63. The van der Waals surface area contributed by atoms with Crippen LogP contribution in [0.15, 0.2) is 18.2 Å². The molecule has 0 heterocycles. The summed E-state index contributed by atoms with van der Waals surface area (Å²) >= 11 is 0. The van der Waals surface area contributed by atoms with Crippen LogP contribution in [0.4, 0.5) is 4.39 Å². The first kappa shape index (κ1) is 9.34. The number of hydrogen-bond donors (Lipinski definition) is 1. The van der Waals surface area contributed by atoms with Crippen molar-refractivity contribution < 1.29 is 9.50 Å². The minimum Gasteiger partial charge on any atom is -0.385 e. The van der Waals surface area contributed by atoms with Crippen molar-refractivity contribution in [2.45, 2.75) is 31.8 Å². The molecule has 2 heteroatoms. The van der Waals surface area contributed by atoms with Gasteiger partial charge in [0, 0.05) is 0 Å². The van der Waals surface area contributed by atoms with Crippen molar-refractivity contribution in [2.75, 3.05) is 0 Å². The second-order valence-corrected chi connectivity index (χ2v) is 4.93. The van der Waals surface area contributed by atoms with Crippen molar-refractivity contribution in [3.05, 3.63) is 35.1 Å². The summed E-state index contributed by atoms with van der Waals surface area (Å²) in [6.45, 7) is 1.88. The average molecular weight is 206 g/mol. The Balaban J connectivity index is 2.00.